The molecule has 3 rings (SSSR count). The average molecular weight is 376 g/mol. The van der Waals surface area contributed by atoms with Crippen LogP contribution >= 0.6 is 0 Å². The van der Waals surface area contributed by atoms with E-state index in [4.69, 9.17) is 4.42 Å². The van der Waals surface area contributed by atoms with Crippen molar-refractivity contribution in [2.24, 2.45) is 0 Å². The van der Waals surface area contributed by atoms with Crippen LogP contribution in [0.25, 0.3) is 6.08 Å². The number of carboxylic acid groups (broad SMARTS) is 1. The fourth-order valence-corrected chi connectivity index (χ4v) is 2.43. The van der Waals surface area contributed by atoms with Gasteiger partial charge in [0.1, 0.15) is 11.5 Å². The minimum atomic E-state index is -1.18. The summed E-state index contributed by atoms with van der Waals surface area (Å²) in [5.41, 5.74) is 0.317. The third kappa shape index (κ3) is 4.53. The molecular weight excluding hydrogens is 360 g/mol. The summed E-state index contributed by atoms with van der Waals surface area (Å²) in [7, 11) is 0. The summed E-state index contributed by atoms with van der Waals surface area (Å²) in [4.78, 5) is 36.6. The molecule has 140 valence electrons. The number of nitrogens with one attached hydrogen (secondary N) is 2. The Morgan fingerprint density at radius 2 is 1.61 bits per heavy atom. The van der Waals surface area contributed by atoms with Crippen LogP contribution in [0.2, 0.25) is 0 Å². The molecule has 3 N–H and O–H groups in total. The van der Waals surface area contributed by atoms with Crippen molar-refractivity contribution in [3.05, 3.63) is 95.6 Å². The van der Waals surface area contributed by atoms with E-state index in [1.165, 1.54) is 24.5 Å². The second kappa shape index (κ2) is 8.50. The maximum Gasteiger partial charge on any atom is 0.337 e. The maximum atomic E-state index is 12.8. The molecule has 0 spiro atoms. The summed E-state index contributed by atoms with van der Waals surface area (Å²) in [5.74, 6) is -2.00. The van der Waals surface area contributed by atoms with E-state index in [0.29, 0.717) is 11.3 Å². The molecule has 1 heterocycles. The molecule has 1 aromatic heterocycles. The number of rotatable bonds is 6. The Labute approximate surface area is 160 Å². The number of hydrogen-bond donors (Lipinski definition) is 3. The van der Waals surface area contributed by atoms with Gasteiger partial charge in [-0.3, -0.25) is 9.59 Å². The normalized spacial score (nSPS) is 10.9. The van der Waals surface area contributed by atoms with Crippen LogP contribution in [0, 0.1) is 0 Å². The number of carbonyl (C=O) groups is 3. The molecular formula is C21H16N2O5. The highest BCUT2D eigenvalue weighted by atomic mass is 16.4. The highest BCUT2D eigenvalue weighted by Crippen LogP contribution is 2.16. The van der Waals surface area contributed by atoms with Crippen LogP contribution in [0.1, 0.15) is 26.5 Å². The number of carbonyl (C=O) groups excluding carboxylic acids is 2. The van der Waals surface area contributed by atoms with Crippen molar-refractivity contribution in [3.63, 3.8) is 0 Å². The Morgan fingerprint density at radius 1 is 0.893 bits per heavy atom. The Morgan fingerprint density at radius 3 is 2.29 bits per heavy atom. The lowest BCUT2D eigenvalue weighted by Gasteiger charge is -2.12. The number of aromatic carboxylic acids is 1. The van der Waals surface area contributed by atoms with Crippen LogP contribution in [0.15, 0.2) is 83.1 Å². The second-order valence-corrected chi connectivity index (χ2v) is 5.70. The third-order valence-corrected chi connectivity index (χ3v) is 3.76. The maximum absolute atomic E-state index is 12.8. The molecule has 0 aliphatic heterocycles. The van der Waals surface area contributed by atoms with Crippen molar-refractivity contribution in [3.8, 4) is 0 Å². The largest absolute Gasteiger partial charge is 0.478 e. The highest BCUT2D eigenvalue weighted by molar-refractivity contribution is 6.12. The molecule has 0 radical (unpaired) electrons. The molecule has 0 unspecified atom stereocenters. The summed E-state index contributed by atoms with van der Waals surface area (Å²) in [6.07, 6.45) is 2.79. The first-order valence-corrected chi connectivity index (χ1v) is 8.30. The van der Waals surface area contributed by atoms with Crippen molar-refractivity contribution in [1.29, 1.82) is 0 Å². The molecule has 2 aromatic carbocycles. The van der Waals surface area contributed by atoms with Crippen LogP contribution < -0.4 is 10.6 Å². The van der Waals surface area contributed by atoms with E-state index in [9.17, 15) is 19.5 Å². The van der Waals surface area contributed by atoms with Gasteiger partial charge in [-0.25, -0.2) is 4.79 Å². The van der Waals surface area contributed by atoms with Crippen LogP contribution in [0.3, 0.4) is 0 Å². The smallest absolute Gasteiger partial charge is 0.337 e. The van der Waals surface area contributed by atoms with E-state index in [1.807, 2.05) is 0 Å². The van der Waals surface area contributed by atoms with Crippen LogP contribution in [0.5, 0.6) is 0 Å². The SMILES string of the molecule is O=C(Nc1ccccc1C(=O)O)/C(=C/c1ccco1)NC(=O)c1ccccc1. The molecule has 2 amide bonds. The van der Waals surface area contributed by atoms with Crippen LogP contribution in [0.4, 0.5) is 5.69 Å². The third-order valence-electron chi connectivity index (χ3n) is 3.76. The van der Waals surface area contributed by atoms with Crippen molar-refractivity contribution in [2.45, 2.75) is 0 Å². The monoisotopic (exact) mass is 376 g/mol. The topological polar surface area (TPSA) is 109 Å². The minimum Gasteiger partial charge on any atom is -0.478 e. The Balaban J connectivity index is 1.88. The van der Waals surface area contributed by atoms with Crippen LogP contribution in [-0.2, 0) is 4.79 Å². The van der Waals surface area contributed by atoms with Gasteiger partial charge >= 0.3 is 5.97 Å². The minimum absolute atomic E-state index is 0.0671. The lowest BCUT2D eigenvalue weighted by molar-refractivity contribution is -0.113. The molecule has 0 aliphatic rings. The van der Waals surface area contributed by atoms with Gasteiger partial charge in [0, 0.05) is 11.6 Å². The number of anilines is 1. The molecule has 0 fully saturated rings. The first-order chi connectivity index (χ1) is 13.5. The zero-order chi connectivity index (χ0) is 19.9. The van der Waals surface area contributed by atoms with Crippen molar-refractivity contribution in [1.82, 2.24) is 5.32 Å². The van der Waals surface area contributed by atoms with Gasteiger partial charge in [0.05, 0.1) is 17.5 Å². The molecule has 0 aliphatic carbocycles. The van der Waals surface area contributed by atoms with E-state index in [2.05, 4.69) is 10.6 Å². The molecule has 0 atom stereocenters. The van der Waals surface area contributed by atoms with Gasteiger partial charge in [-0.2, -0.15) is 0 Å². The summed E-state index contributed by atoms with van der Waals surface area (Å²) >= 11 is 0. The van der Waals surface area contributed by atoms with Gasteiger partial charge in [0.25, 0.3) is 11.8 Å². The fraction of sp³-hybridized carbons (Fsp3) is 0. The molecule has 7 heteroatoms. The molecule has 0 saturated heterocycles. The van der Waals surface area contributed by atoms with E-state index < -0.39 is 17.8 Å². The summed E-state index contributed by atoms with van der Waals surface area (Å²) in [6.45, 7) is 0. The highest BCUT2D eigenvalue weighted by Gasteiger charge is 2.18. The fourth-order valence-electron chi connectivity index (χ4n) is 2.43. The van der Waals surface area contributed by atoms with Crippen LogP contribution in [-0.4, -0.2) is 22.9 Å². The zero-order valence-corrected chi connectivity index (χ0v) is 14.6. The number of furan rings is 1. The Kier molecular flexibility index (Phi) is 5.66. The lowest BCUT2D eigenvalue weighted by atomic mass is 10.1. The van der Waals surface area contributed by atoms with Gasteiger partial charge < -0.3 is 20.2 Å². The van der Waals surface area contributed by atoms with E-state index >= 15 is 0 Å². The van der Waals surface area contributed by atoms with E-state index in [0.717, 1.165) is 0 Å². The number of benzene rings is 2. The standard InChI is InChI=1S/C21H16N2O5/c24-19(14-7-2-1-3-8-14)23-18(13-15-9-6-12-28-15)20(25)22-17-11-5-4-10-16(17)21(26)27/h1-13H,(H,22,25)(H,23,24)(H,26,27)/b18-13-. The summed E-state index contributed by atoms with van der Waals surface area (Å²) < 4.78 is 5.21. The van der Waals surface area contributed by atoms with Gasteiger partial charge in [-0.05, 0) is 36.4 Å². The molecule has 7 nitrogen and oxygen atoms in total. The molecule has 28 heavy (non-hydrogen) atoms. The summed E-state index contributed by atoms with van der Waals surface area (Å²) in [6, 6.07) is 17.6. The summed E-state index contributed by atoms with van der Waals surface area (Å²) in [5, 5.41) is 14.3. The number of carboxylic acids is 1. The zero-order valence-electron chi connectivity index (χ0n) is 14.6. The van der Waals surface area contributed by atoms with Crippen molar-refractivity contribution < 1.29 is 23.9 Å². The Hall–Kier alpha value is -4.13. The first kappa shape index (κ1) is 18.7. The number of amides is 2. The van der Waals surface area contributed by atoms with Crippen molar-refractivity contribution in [2.75, 3.05) is 5.32 Å². The predicted octanol–water partition coefficient (Wildman–Crippen LogP) is 3.39. The quantitative estimate of drug-likeness (QED) is 0.572. The van der Waals surface area contributed by atoms with Crippen molar-refractivity contribution >= 4 is 29.5 Å². The van der Waals surface area contributed by atoms with E-state index in [-0.39, 0.29) is 16.9 Å². The number of para-hydroxylation sites is 1. The predicted molar refractivity (Wildman–Crippen MR) is 103 cm³/mol. The molecule has 3 aromatic rings. The van der Waals surface area contributed by atoms with Gasteiger partial charge in [0.2, 0.25) is 0 Å². The molecule has 0 saturated carbocycles. The number of hydrogen-bond acceptors (Lipinski definition) is 4. The molecule has 0 bridgehead atoms. The first-order valence-electron chi connectivity index (χ1n) is 8.30. The van der Waals surface area contributed by atoms with Gasteiger partial charge in [-0.15, -0.1) is 0 Å². The average Bonchev–Trinajstić information content (AvgIpc) is 3.21. The lowest BCUT2D eigenvalue weighted by Crippen LogP contribution is -2.31. The van der Waals surface area contributed by atoms with Gasteiger partial charge in [0.15, 0.2) is 0 Å². The Bertz CT molecular complexity index is 1020. The second-order valence-electron chi connectivity index (χ2n) is 5.70. The van der Waals surface area contributed by atoms with Gasteiger partial charge in [-0.1, -0.05) is 30.3 Å². The van der Waals surface area contributed by atoms with E-state index in [1.54, 1.807) is 54.6 Å².